The fraction of sp³-hybridized carbons (Fsp3) is 1.00. The van der Waals surface area contributed by atoms with Gasteiger partial charge in [-0.3, -0.25) is 0 Å². The van der Waals surface area contributed by atoms with Crippen LogP contribution >= 0.6 is 0 Å². The molecule has 1 unspecified atom stereocenters. The molecule has 0 aromatic rings. The molecular formula is C27H62NO4Si2+. The molecule has 1 atom stereocenters. The molecule has 0 bridgehead atoms. The molecule has 1 N–H and O–H groups in total. The smallest absolute Gasteiger partial charge is 0.321 e. The van der Waals surface area contributed by atoms with Crippen molar-refractivity contribution in [2.45, 2.75) is 129 Å². The standard InChI is InChI=1S/C27H62NO4Si2/c1-9-10-11-12-13-14-15-16-17-18-19-20-22-28(2,3)25-27(29)26-31-23-21-24-33(5,6)32-34(7,8)30-4/h27,29H,9-26H2,1-8H3/q+1. The molecule has 0 rings (SSSR count). The number of hydrogen-bond donors (Lipinski definition) is 1. The number of aliphatic hydroxyl groups excluding tert-OH is 1. The van der Waals surface area contributed by atoms with Gasteiger partial charge in [0.15, 0.2) is 8.32 Å². The van der Waals surface area contributed by atoms with Gasteiger partial charge in [-0.2, -0.15) is 0 Å². The average Bonchev–Trinajstić information content (AvgIpc) is 2.73. The first-order valence-electron chi connectivity index (χ1n) is 14.3. The Morgan fingerprint density at radius 1 is 0.765 bits per heavy atom. The first kappa shape index (κ1) is 34.2. The van der Waals surface area contributed by atoms with Gasteiger partial charge in [-0.15, -0.1) is 0 Å². The molecule has 7 heteroatoms. The normalized spacial score (nSPS) is 14.0. The Morgan fingerprint density at radius 3 is 1.76 bits per heavy atom. The lowest BCUT2D eigenvalue weighted by Gasteiger charge is -2.32. The third kappa shape index (κ3) is 21.5. The number of nitrogens with zero attached hydrogens (tertiary/aromatic N) is 1. The number of unbranched alkanes of at least 4 members (excludes halogenated alkanes) is 11. The van der Waals surface area contributed by atoms with Crippen molar-refractivity contribution < 1.29 is 22.9 Å². The monoisotopic (exact) mass is 520 g/mol. The summed E-state index contributed by atoms with van der Waals surface area (Å²) in [6.45, 7) is 14.0. The number of aliphatic hydroxyl groups is 1. The second kappa shape index (κ2) is 19.4. The van der Waals surface area contributed by atoms with Crippen LogP contribution < -0.4 is 0 Å². The summed E-state index contributed by atoms with van der Waals surface area (Å²) in [6, 6.07) is 1.06. The largest absolute Gasteiger partial charge is 0.436 e. The summed E-state index contributed by atoms with van der Waals surface area (Å²) in [7, 11) is 2.51. The van der Waals surface area contributed by atoms with Crippen LogP contribution in [0.15, 0.2) is 0 Å². The van der Waals surface area contributed by atoms with Crippen molar-refractivity contribution in [1.29, 1.82) is 0 Å². The molecule has 0 radical (unpaired) electrons. The Bertz CT molecular complexity index is 476. The minimum atomic E-state index is -1.98. The molecule has 206 valence electrons. The SMILES string of the molecule is CCCCCCCCCCCCCC[N+](C)(C)CC(O)COCCC[Si](C)(C)O[Si](C)(C)OC. The highest BCUT2D eigenvalue weighted by atomic mass is 28.4. The van der Waals surface area contributed by atoms with E-state index in [1.165, 1.54) is 77.0 Å². The van der Waals surface area contributed by atoms with Crippen LogP contribution in [0.5, 0.6) is 0 Å². The first-order valence-corrected chi connectivity index (χ1v) is 20.2. The van der Waals surface area contributed by atoms with Crippen molar-refractivity contribution in [3.05, 3.63) is 0 Å². The number of quaternary nitrogens is 1. The maximum Gasteiger partial charge on any atom is 0.321 e. The van der Waals surface area contributed by atoms with Crippen LogP contribution in [-0.4, -0.2) is 80.1 Å². The molecule has 5 nitrogen and oxygen atoms in total. The highest BCUT2D eigenvalue weighted by Gasteiger charge is 2.33. The Kier molecular flexibility index (Phi) is 19.5. The van der Waals surface area contributed by atoms with Crippen molar-refractivity contribution in [3.8, 4) is 0 Å². The predicted molar refractivity (Wildman–Crippen MR) is 152 cm³/mol. The van der Waals surface area contributed by atoms with Crippen LogP contribution in [0.4, 0.5) is 0 Å². The third-order valence-electron chi connectivity index (χ3n) is 6.71. The van der Waals surface area contributed by atoms with E-state index >= 15 is 0 Å². The summed E-state index contributed by atoms with van der Waals surface area (Å²) in [5, 5.41) is 10.5. The van der Waals surface area contributed by atoms with Crippen molar-refractivity contribution in [3.63, 3.8) is 0 Å². The van der Waals surface area contributed by atoms with Crippen LogP contribution in [0.1, 0.15) is 90.4 Å². The Labute approximate surface area is 215 Å². The van der Waals surface area contributed by atoms with E-state index in [0.717, 1.165) is 30.0 Å². The number of hydrogen-bond acceptors (Lipinski definition) is 4. The topological polar surface area (TPSA) is 47.9 Å². The van der Waals surface area contributed by atoms with E-state index < -0.39 is 23.0 Å². The Morgan fingerprint density at radius 2 is 1.26 bits per heavy atom. The number of likely N-dealkylation sites (N-methyl/N-ethyl adjacent to an activating group) is 1. The quantitative estimate of drug-likeness (QED) is 0.0837. The fourth-order valence-electron chi connectivity index (χ4n) is 4.67. The lowest BCUT2D eigenvalue weighted by Crippen LogP contribution is -2.47. The van der Waals surface area contributed by atoms with Gasteiger partial charge in [0, 0.05) is 13.7 Å². The summed E-state index contributed by atoms with van der Waals surface area (Å²) < 4.78 is 18.5. The molecule has 0 aliphatic carbocycles. The molecule has 0 amide bonds. The van der Waals surface area contributed by atoms with E-state index in [4.69, 9.17) is 13.3 Å². The van der Waals surface area contributed by atoms with Gasteiger partial charge in [0.25, 0.3) is 0 Å². The lowest BCUT2D eigenvalue weighted by atomic mass is 10.1. The molecule has 0 aromatic heterocycles. The zero-order valence-electron chi connectivity index (χ0n) is 24.4. The zero-order chi connectivity index (χ0) is 25.9. The molecule has 34 heavy (non-hydrogen) atoms. The number of rotatable bonds is 24. The predicted octanol–water partition coefficient (Wildman–Crippen LogP) is 7.10. The molecular weight excluding hydrogens is 458 g/mol. The second-order valence-corrected chi connectivity index (χ2v) is 20.1. The van der Waals surface area contributed by atoms with Crippen molar-refractivity contribution in [2.75, 3.05) is 47.5 Å². The third-order valence-corrected chi connectivity index (χ3v) is 13.4. The van der Waals surface area contributed by atoms with E-state index in [1.54, 1.807) is 7.11 Å². The summed E-state index contributed by atoms with van der Waals surface area (Å²) in [4.78, 5) is 0. The van der Waals surface area contributed by atoms with Crippen LogP contribution in [-0.2, 0) is 13.3 Å². The van der Waals surface area contributed by atoms with Crippen molar-refractivity contribution in [1.82, 2.24) is 0 Å². The van der Waals surface area contributed by atoms with Gasteiger partial charge in [0.05, 0.1) is 27.2 Å². The highest BCUT2D eigenvalue weighted by molar-refractivity contribution is 6.82. The molecule has 0 saturated heterocycles. The molecule has 0 heterocycles. The minimum absolute atomic E-state index is 0.395. The van der Waals surface area contributed by atoms with E-state index in [9.17, 15) is 5.11 Å². The summed E-state index contributed by atoms with van der Waals surface area (Å²) in [5.41, 5.74) is 0. The van der Waals surface area contributed by atoms with E-state index in [1.807, 2.05) is 0 Å². The van der Waals surface area contributed by atoms with Crippen LogP contribution in [0.2, 0.25) is 32.2 Å². The summed E-state index contributed by atoms with van der Waals surface area (Å²) in [6.07, 6.45) is 17.2. The van der Waals surface area contributed by atoms with Gasteiger partial charge in [-0.25, -0.2) is 0 Å². The Balaban J connectivity index is 3.73. The molecule has 0 aliphatic rings. The maximum atomic E-state index is 10.5. The second-order valence-electron chi connectivity index (χ2n) is 12.0. The van der Waals surface area contributed by atoms with E-state index in [-0.39, 0.29) is 0 Å². The van der Waals surface area contributed by atoms with Gasteiger partial charge >= 0.3 is 8.56 Å². The van der Waals surface area contributed by atoms with Crippen molar-refractivity contribution >= 4 is 16.9 Å². The number of ether oxygens (including phenoxy) is 1. The van der Waals surface area contributed by atoms with E-state index in [2.05, 4.69) is 47.2 Å². The maximum absolute atomic E-state index is 10.5. The van der Waals surface area contributed by atoms with Crippen LogP contribution in [0, 0.1) is 0 Å². The average molecular weight is 521 g/mol. The first-order chi connectivity index (χ1) is 15.9. The highest BCUT2D eigenvalue weighted by Crippen LogP contribution is 2.20. The van der Waals surface area contributed by atoms with Crippen molar-refractivity contribution in [2.24, 2.45) is 0 Å². The summed E-state index contributed by atoms with van der Waals surface area (Å²) in [5.74, 6) is 0. The molecule has 0 spiro atoms. The molecule has 0 fully saturated rings. The van der Waals surface area contributed by atoms with Gasteiger partial charge in [-0.05, 0) is 51.5 Å². The molecule has 0 aromatic carbocycles. The minimum Gasteiger partial charge on any atom is -0.436 e. The van der Waals surface area contributed by atoms with E-state index in [0.29, 0.717) is 13.2 Å². The summed E-state index contributed by atoms with van der Waals surface area (Å²) >= 11 is 0. The van der Waals surface area contributed by atoms with Gasteiger partial charge < -0.3 is 22.9 Å². The molecule has 0 saturated carbocycles. The lowest BCUT2D eigenvalue weighted by molar-refractivity contribution is -0.893. The Hall–Kier alpha value is 0.234. The van der Waals surface area contributed by atoms with Crippen LogP contribution in [0.3, 0.4) is 0 Å². The van der Waals surface area contributed by atoms with Crippen LogP contribution in [0.25, 0.3) is 0 Å². The van der Waals surface area contributed by atoms with Gasteiger partial charge in [0.1, 0.15) is 12.6 Å². The van der Waals surface area contributed by atoms with Gasteiger partial charge in [-0.1, -0.05) is 71.1 Å². The van der Waals surface area contributed by atoms with Gasteiger partial charge in [0.2, 0.25) is 0 Å². The fourth-order valence-corrected chi connectivity index (χ4v) is 11.7. The molecule has 0 aliphatic heterocycles. The zero-order valence-corrected chi connectivity index (χ0v) is 26.4.